The van der Waals surface area contributed by atoms with Crippen molar-refractivity contribution >= 4 is 24.0 Å². The number of amides is 1. The highest BCUT2D eigenvalue weighted by Gasteiger charge is 2.58. The van der Waals surface area contributed by atoms with Crippen molar-refractivity contribution in [3.8, 4) is 0 Å². The molecule has 3 rings (SSSR count). The van der Waals surface area contributed by atoms with E-state index in [1.54, 1.807) is 24.3 Å². The summed E-state index contributed by atoms with van der Waals surface area (Å²) in [4.78, 5) is 15.8. The minimum Gasteiger partial charge on any atom is -0.292 e. The fraction of sp³-hybridized carbons (Fsp3) is 0.609. The van der Waals surface area contributed by atoms with Crippen molar-refractivity contribution in [3.63, 3.8) is 0 Å². The van der Waals surface area contributed by atoms with Gasteiger partial charge in [-0.1, -0.05) is 49.5 Å². The van der Waals surface area contributed by atoms with Crippen LogP contribution in [0.5, 0.6) is 0 Å². The van der Waals surface area contributed by atoms with Crippen LogP contribution in [0.15, 0.2) is 41.3 Å². The predicted molar refractivity (Wildman–Crippen MR) is 125 cm³/mol. The highest BCUT2D eigenvalue weighted by molar-refractivity contribution is 7.89. The Labute approximate surface area is 183 Å². The molecule has 5 nitrogen and oxygen atoms in total. The molecule has 7 heteroatoms. The zero-order valence-corrected chi connectivity index (χ0v) is 21.0. The maximum atomic E-state index is 13.5. The van der Waals surface area contributed by atoms with Gasteiger partial charge in [-0.05, 0) is 63.7 Å². The molecular formula is C23H36N2O3SSi. The average Bonchev–Trinajstić information content (AvgIpc) is 2.90. The lowest BCUT2D eigenvalue weighted by Crippen LogP contribution is -2.62. The lowest BCUT2D eigenvalue weighted by atomic mass is 9.75. The summed E-state index contributed by atoms with van der Waals surface area (Å²) in [5.41, 5.74) is 0.222. The van der Waals surface area contributed by atoms with Gasteiger partial charge >= 0.3 is 0 Å². The fourth-order valence-corrected chi connectivity index (χ4v) is 7.23. The van der Waals surface area contributed by atoms with E-state index in [0.717, 1.165) is 22.8 Å². The van der Waals surface area contributed by atoms with Gasteiger partial charge in [-0.3, -0.25) is 9.69 Å². The number of aryl methyl sites for hydroxylation is 1. The second-order valence-electron chi connectivity index (χ2n) is 10.4. The Morgan fingerprint density at radius 3 is 2.40 bits per heavy atom. The molecule has 2 fully saturated rings. The van der Waals surface area contributed by atoms with Crippen LogP contribution in [0.4, 0.5) is 0 Å². The van der Waals surface area contributed by atoms with Crippen molar-refractivity contribution in [2.24, 2.45) is 11.8 Å². The molecule has 3 atom stereocenters. The number of rotatable bonds is 6. The lowest BCUT2D eigenvalue weighted by molar-refractivity contribution is -0.142. The Bertz CT molecular complexity index is 921. The molecule has 2 heterocycles. The number of piperidine rings is 1. The van der Waals surface area contributed by atoms with E-state index in [0.29, 0.717) is 12.3 Å². The number of carbonyl (C=O) groups is 1. The average molecular weight is 449 g/mol. The van der Waals surface area contributed by atoms with Gasteiger partial charge in [0.15, 0.2) is 0 Å². The number of fused-ring (bicyclic) bond motifs is 1. The van der Waals surface area contributed by atoms with Gasteiger partial charge in [0.2, 0.25) is 0 Å². The van der Waals surface area contributed by atoms with E-state index in [1.807, 2.05) is 20.9 Å². The molecule has 0 radical (unpaired) electrons. The lowest BCUT2D eigenvalue weighted by Gasteiger charge is -2.44. The summed E-state index contributed by atoms with van der Waals surface area (Å²) < 4.78 is 27.5. The fourth-order valence-electron chi connectivity index (χ4n) is 4.87. The number of hydrogen-bond acceptors (Lipinski definition) is 4. The van der Waals surface area contributed by atoms with Gasteiger partial charge in [-0.25, -0.2) is 12.7 Å². The minimum atomic E-state index is -3.84. The molecule has 0 saturated carbocycles. The Morgan fingerprint density at radius 1 is 1.17 bits per heavy atom. The normalized spacial score (nSPS) is 28.3. The van der Waals surface area contributed by atoms with Crippen LogP contribution in [-0.4, -0.2) is 57.3 Å². The van der Waals surface area contributed by atoms with Crippen LogP contribution in [0.1, 0.15) is 25.3 Å². The van der Waals surface area contributed by atoms with E-state index in [9.17, 15) is 13.2 Å². The van der Waals surface area contributed by atoms with Gasteiger partial charge in [0.05, 0.1) is 4.90 Å². The molecule has 2 aliphatic rings. The van der Waals surface area contributed by atoms with Crippen LogP contribution in [0.3, 0.4) is 0 Å². The maximum absolute atomic E-state index is 13.5. The summed E-state index contributed by atoms with van der Waals surface area (Å²) >= 11 is 0. The molecule has 1 aromatic rings. The first-order valence-corrected chi connectivity index (χ1v) is 16.0. The van der Waals surface area contributed by atoms with Crippen molar-refractivity contribution in [1.82, 2.24) is 9.21 Å². The number of nitrogens with zero attached hydrogens (tertiary/aromatic N) is 2. The van der Waals surface area contributed by atoms with Crippen LogP contribution in [0.25, 0.3) is 0 Å². The minimum absolute atomic E-state index is 0.177. The Balaban J connectivity index is 1.79. The molecule has 2 aliphatic heterocycles. The van der Waals surface area contributed by atoms with Crippen molar-refractivity contribution in [1.29, 1.82) is 0 Å². The second-order valence-corrected chi connectivity index (χ2v) is 17.7. The summed E-state index contributed by atoms with van der Waals surface area (Å²) in [5, 5.41) is 0. The smallest absolute Gasteiger partial charge is 0.266 e. The molecule has 2 saturated heterocycles. The molecule has 1 amide bonds. The third kappa shape index (κ3) is 4.29. The Morgan fingerprint density at radius 2 is 1.80 bits per heavy atom. The quantitative estimate of drug-likeness (QED) is 0.485. The van der Waals surface area contributed by atoms with E-state index in [4.69, 9.17) is 0 Å². The molecule has 0 bridgehead atoms. The molecule has 0 N–H and O–H groups in total. The zero-order chi connectivity index (χ0) is 22.3. The van der Waals surface area contributed by atoms with Crippen molar-refractivity contribution < 1.29 is 13.2 Å². The Kier molecular flexibility index (Phi) is 6.38. The first-order chi connectivity index (χ1) is 13.9. The van der Waals surface area contributed by atoms with Crippen molar-refractivity contribution in [3.05, 3.63) is 42.0 Å². The van der Waals surface area contributed by atoms with Crippen LogP contribution in [0.2, 0.25) is 25.7 Å². The predicted octanol–water partition coefficient (Wildman–Crippen LogP) is 4.14. The molecule has 0 spiro atoms. The Hall–Kier alpha value is -1.44. The van der Waals surface area contributed by atoms with E-state index < -0.39 is 23.6 Å². The second kappa shape index (κ2) is 8.24. The number of allylic oxidation sites excluding steroid dienone is 2. The first kappa shape index (κ1) is 23.2. The highest BCUT2D eigenvalue weighted by atomic mass is 32.2. The van der Waals surface area contributed by atoms with Crippen LogP contribution >= 0.6 is 0 Å². The van der Waals surface area contributed by atoms with Crippen LogP contribution in [-0.2, 0) is 14.8 Å². The number of benzene rings is 1. The molecule has 1 aromatic carbocycles. The number of likely N-dealkylation sites (tertiary alicyclic amines) is 1. The van der Waals surface area contributed by atoms with E-state index >= 15 is 0 Å². The zero-order valence-electron chi connectivity index (χ0n) is 19.2. The molecule has 30 heavy (non-hydrogen) atoms. The SMILES string of the molecule is Cc1ccc(S(=O)(=O)N2CC[C@@H]3[C@H](C/C=C/C[Si](C)(C)C)CN(C)[C@]3(C)C2=O)cc1. The van der Waals surface area contributed by atoms with Crippen LogP contribution in [0, 0.1) is 18.8 Å². The van der Waals surface area contributed by atoms with Gasteiger partial charge in [-0.2, -0.15) is 0 Å². The summed E-state index contributed by atoms with van der Waals surface area (Å²) in [6, 6.07) is 7.90. The number of sulfonamides is 1. The van der Waals surface area contributed by atoms with E-state index in [-0.39, 0.29) is 23.3 Å². The van der Waals surface area contributed by atoms with Gasteiger partial charge in [0.1, 0.15) is 5.54 Å². The highest BCUT2D eigenvalue weighted by Crippen LogP contribution is 2.46. The number of likely N-dealkylation sites (N-methyl/N-ethyl adjacent to an activating group) is 1. The number of carbonyl (C=O) groups excluding carboxylic acids is 1. The summed E-state index contributed by atoms with van der Waals surface area (Å²) in [6.45, 7) is 12.0. The van der Waals surface area contributed by atoms with Crippen LogP contribution < -0.4 is 0 Å². The monoisotopic (exact) mass is 448 g/mol. The van der Waals surface area contributed by atoms with E-state index in [1.165, 1.54) is 6.04 Å². The standard InChI is InChI=1S/C23H36N2O3SSi/c1-18-10-12-20(13-11-18)29(27,28)25-15-14-21-19(9-7-8-16-30(4,5)6)17-24(3)23(21,2)22(25)26/h7-8,10-13,19,21H,9,14-17H2,1-6H3/b8-7+/t19-,21-,23+/m1/s1. The van der Waals surface area contributed by atoms with Crippen molar-refractivity contribution in [2.45, 2.75) is 62.8 Å². The summed E-state index contributed by atoms with van der Waals surface area (Å²) in [7, 11) is -2.98. The summed E-state index contributed by atoms with van der Waals surface area (Å²) in [5.74, 6) is 0.275. The van der Waals surface area contributed by atoms with Crippen molar-refractivity contribution in [2.75, 3.05) is 20.1 Å². The van der Waals surface area contributed by atoms with Gasteiger partial charge < -0.3 is 0 Å². The third-order valence-electron chi connectivity index (χ3n) is 6.84. The number of hydrogen-bond donors (Lipinski definition) is 0. The van der Waals surface area contributed by atoms with Gasteiger partial charge in [-0.15, -0.1) is 0 Å². The topological polar surface area (TPSA) is 57.7 Å². The first-order valence-electron chi connectivity index (χ1n) is 10.9. The molecule has 166 valence electrons. The molecular weight excluding hydrogens is 412 g/mol. The maximum Gasteiger partial charge on any atom is 0.266 e. The third-order valence-corrected chi connectivity index (χ3v) is 10.1. The summed E-state index contributed by atoms with van der Waals surface area (Å²) in [6.07, 6.45) is 6.25. The van der Waals surface area contributed by atoms with Gasteiger partial charge in [0, 0.05) is 21.2 Å². The molecule has 0 aromatic heterocycles. The molecule has 0 aliphatic carbocycles. The van der Waals surface area contributed by atoms with Gasteiger partial charge in [0.25, 0.3) is 15.9 Å². The molecule has 0 unspecified atom stereocenters. The van der Waals surface area contributed by atoms with E-state index in [2.05, 4.69) is 36.7 Å². The largest absolute Gasteiger partial charge is 0.292 e.